The lowest BCUT2D eigenvalue weighted by Crippen LogP contribution is -2.48. The fraction of sp³-hybridized carbons (Fsp3) is 1.00. The van der Waals surface area contributed by atoms with Gasteiger partial charge < -0.3 is 0 Å². The Balaban J connectivity index is 1.80. The zero-order valence-corrected chi connectivity index (χ0v) is 13.7. The van der Waals surface area contributed by atoms with E-state index in [0.29, 0.717) is 10.8 Å². The molecule has 0 spiro atoms. The highest BCUT2D eigenvalue weighted by Gasteiger charge is 2.51. The van der Waals surface area contributed by atoms with E-state index in [0.717, 1.165) is 23.7 Å². The maximum atomic E-state index is 2.64. The van der Waals surface area contributed by atoms with E-state index in [1.807, 2.05) is 0 Å². The maximum absolute atomic E-state index is 2.64. The largest absolute Gasteiger partial charge is 0.0617 e. The van der Waals surface area contributed by atoms with E-state index in [-0.39, 0.29) is 0 Å². The third-order valence-corrected chi connectivity index (χ3v) is 8.04. The molecule has 0 amide bonds. The predicted molar refractivity (Wildman–Crippen MR) is 83.1 cm³/mol. The average Bonchev–Trinajstić information content (AvgIpc) is 2.42. The van der Waals surface area contributed by atoms with Crippen LogP contribution in [0.5, 0.6) is 0 Å². The first-order valence-corrected chi connectivity index (χ1v) is 8.94. The van der Waals surface area contributed by atoms with Crippen LogP contribution >= 0.6 is 0 Å². The van der Waals surface area contributed by atoms with Crippen LogP contribution in [-0.4, -0.2) is 0 Å². The molecule has 4 fully saturated rings. The molecular weight excluding hydrogens is 228 g/mol. The molecule has 0 aromatic heterocycles. The van der Waals surface area contributed by atoms with Gasteiger partial charge >= 0.3 is 0 Å². The lowest BCUT2D eigenvalue weighted by molar-refractivity contribution is -0.0751. The molecule has 4 aliphatic carbocycles. The summed E-state index contributed by atoms with van der Waals surface area (Å²) in [5.74, 6) is 4.16. The number of hydrogen-bond acceptors (Lipinski definition) is 0. The molecular formula is C19H34. The zero-order chi connectivity index (χ0) is 13.7. The van der Waals surface area contributed by atoms with Crippen LogP contribution in [0, 0.1) is 34.5 Å². The van der Waals surface area contributed by atoms with E-state index in [9.17, 15) is 0 Å². The summed E-state index contributed by atoms with van der Waals surface area (Å²) < 4.78 is 0. The van der Waals surface area contributed by atoms with Crippen LogP contribution in [0.1, 0.15) is 85.5 Å². The molecule has 2 bridgehead atoms. The number of hydrogen-bond donors (Lipinski definition) is 0. The molecule has 0 radical (unpaired) electrons. The highest BCUT2D eigenvalue weighted by Crippen LogP contribution is 2.60. The molecule has 3 atom stereocenters. The van der Waals surface area contributed by atoms with Crippen molar-refractivity contribution in [1.82, 2.24) is 0 Å². The highest BCUT2D eigenvalue weighted by molar-refractivity contribution is 5.00. The molecule has 110 valence electrons. The Morgan fingerprint density at radius 2 is 1.53 bits per heavy atom. The summed E-state index contributed by atoms with van der Waals surface area (Å²) in [6.45, 7) is 10.4. The lowest BCUT2D eigenvalue weighted by atomic mass is 9.48. The molecule has 0 N–H and O–H groups in total. The summed E-state index contributed by atoms with van der Waals surface area (Å²) in [6.07, 6.45) is 13.6. The SMILES string of the molecule is CC(C1CC2CCC1CC2)C1(C)CCCCC1(C)C. The molecule has 19 heavy (non-hydrogen) atoms. The van der Waals surface area contributed by atoms with Crippen molar-refractivity contribution in [1.29, 1.82) is 0 Å². The van der Waals surface area contributed by atoms with E-state index < -0.39 is 0 Å². The van der Waals surface area contributed by atoms with E-state index in [1.54, 1.807) is 32.1 Å². The normalized spacial score (nSPS) is 47.1. The molecule has 0 saturated heterocycles. The van der Waals surface area contributed by atoms with Crippen molar-refractivity contribution >= 4 is 0 Å². The van der Waals surface area contributed by atoms with Gasteiger partial charge in [-0.05, 0) is 66.6 Å². The third-order valence-electron chi connectivity index (χ3n) is 8.04. The van der Waals surface area contributed by atoms with Crippen LogP contribution in [0.15, 0.2) is 0 Å². The van der Waals surface area contributed by atoms with Gasteiger partial charge in [-0.3, -0.25) is 0 Å². The molecule has 4 saturated carbocycles. The zero-order valence-electron chi connectivity index (χ0n) is 13.7. The van der Waals surface area contributed by atoms with E-state index in [2.05, 4.69) is 27.7 Å². The van der Waals surface area contributed by atoms with Crippen LogP contribution in [0.25, 0.3) is 0 Å². The van der Waals surface area contributed by atoms with Crippen molar-refractivity contribution in [3.8, 4) is 0 Å². The fourth-order valence-electron chi connectivity index (χ4n) is 6.04. The first kappa shape index (κ1) is 14.0. The maximum Gasteiger partial charge on any atom is -0.0246 e. The Labute approximate surface area is 120 Å². The van der Waals surface area contributed by atoms with Gasteiger partial charge in [0, 0.05) is 0 Å². The molecule has 0 heteroatoms. The van der Waals surface area contributed by atoms with Gasteiger partial charge in [-0.15, -0.1) is 0 Å². The third kappa shape index (κ3) is 2.18. The smallest absolute Gasteiger partial charge is 0.0246 e. The average molecular weight is 262 g/mol. The standard InChI is InChI=1S/C19H34/c1-14(17-13-15-7-9-16(17)10-8-15)19(4)12-6-5-11-18(19,2)3/h14-17H,5-13H2,1-4H3. The van der Waals surface area contributed by atoms with Crippen LogP contribution in [0.2, 0.25) is 0 Å². The minimum absolute atomic E-state index is 0.557. The van der Waals surface area contributed by atoms with Crippen molar-refractivity contribution in [3.05, 3.63) is 0 Å². The van der Waals surface area contributed by atoms with Gasteiger partial charge in [-0.2, -0.15) is 0 Å². The van der Waals surface area contributed by atoms with Crippen LogP contribution < -0.4 is 0 Å². The summed E-state index contributed by atoms with van der Waals surface area (Å²) in [7, 11) is 0. The molecule has 0 aliphatic heterocycles. The Bertz CT molecular complexity index is 321. The number of fused-ring (bicyclic) bond motifs is 3. The van der Waals surface area contributed by atoms with Crippen molar-refractivity contribution in [2.24, 2.45) is 34.5 Å². The van der Waals surface area contributed by atoms with E-state index in [1.165, 1.54) is 25.7 Å². The van der Waals surface area contributed by atoms with E-state index >= 15 is 0 Å². The summed E-state index contributed by atoms with van der Waals surface area (Å²) in [6, 6.07) is 0. The second-order valence-electron chi connectivity index (χ2n) is 8.98. The van der Waals surface area contributed by atoms with Crippen LogP contribution in [0.4, 0.5) is 0 Å². The Hall–Kier alpha value is 0. The number of rotatable bonds is 2. The van der Waals surface area contributed by atoms with Gasteiger partial charge in [-0.1, -0.05) is 53.4 Å². The molecule has 0 aromatic carbocycles. The minimum Gasteiger partial charge on any atom is -0.0617 e. The topological polar surface area (TPSA) is 0 Å². The van der Waals surface area contributed by atoms with Crippen molar-refractivity contribution in [3.63, 3.8) is 0 Å². The molecule has 4 rings (SSSR count). The van der Waals surface area contributed by atoms with Gasteiger partial charge in [0.25, 0.3) is 0 Å². The second-order valence-corrected chi connectivity index (χ2v) is 8.98. The van der Waals surface area contributed by atoms with Crippen molar-refractivity contribution in [2.75, 3.05) is 0 Å². The predicted octanol–water partition coefficient (Wildman–Crippen LogP) is 6.06. The first-order chi connectivity index (χ1) is 8.94. The van der Waals surface area contributed by atoms with Gasteiger partial charge in [0.15, 0.2) is 0 Å². The summed E-state index contributed by atoms with van der Waals surface area (Å²) >= 11 is 0. The molecule has 4 aliphatic rings. The lowest BCUT2D eigenvalue weighted by Gasteiger charge is -2.57. The summed E-state index contributed by atoms with van der Waals surface area (Å²) in [4.78, 5) is 0. The van der Waals surface area contributed by atoms with Crippen molar-refractivity contribution in [2.45, 2.75) is 85.5 Å². The summed E-state index contributed by atoms with van der Waals surface area (Å²) in [5, 5.41) is 0. The molecule has 0 aromatic rings. The minimum atomic E-state index is 0.557. The van der Waals surface area contributed by atoms with Gasteiger partial charge in [0.1, 0.15) is 0 Å². The van der Waals surface area contributed by atoms with Crippen LogP contribution in [0.3, 0.4) is 0 Å². The molecule has 0 heterocycles. The Morgan fingerprint density at radius 3 is 2.05 bits per heavy atom. The Morgan fingerprint density at radius 1 is 0.895 bits per heavy atom. The van der Waals surface area contributed by atoms with Crippen molar-refractivity contribution < 1.29 is 0 Å². The van der Waals surface area contributed by atoms with Gasteiger partial charge in [0.05, 0.1) is 0 Å². The quantitative estimate of drug-likeness (QED) is 0.568. The fourth-order valence-corrected chi connectivity index (χ4v) is 6.04. The van der Waals surface area contributed by atoms with Gasteiger partial charge in [0.2, 0.25) is 0 Å². The first-order valence-electron chi connectivity index (χ1n) is 8.94. The highest BCUT2D eigenvalue weighted by atomic mass is 14.6. The monoisotopic (exact) mass is 262 g/mol. The molecule has 3 unspecified atom stereocenters. The van der Waals surface area contributed by atoms with Gasteiger partial charge in [-0.25, -0.2) is 0 Å². The second kappa shape index (κ2) is 4.78. The van der Waals surface area contributed by atoms with E-state index in [4.69, 9.17) is 0 Å². The molecule has 0 nitrogen and oxygen atoms in total. The summed E-state index contributed by atoms with van der Waals surface area (Å²) in [5.41, 5.74) is 1.15. The van der Waals surface area contributed by atoms with Crippen LogP contribution in [-0.2, 0) is 0 Å². The Kier molecular flexibility index (Phi) is 3.51.